The second-order valence-electron chi connectivity index (χ2n) is 3.03. The predicted octanol–water partition coefficient (Wildman–Crippen LogP) is 3.23. The number of halogens is 2. The zero-order chi connectivity index (χ0) is 9.84. The molecule has 1 nitrogen and oxygen atoms in total. The summed E-state index contributed by atoms with van der Waals surface area (Å²) in [5.41, 5.74) is 0.994. The Morgan fingerprint density at radius 2 is 2.23 bits per heavy atom. The summed E-state index contributed by atoms with van der Waals surface area (Å²) >= 11 is 5.64. The van der Waals surface area contributed by atoms with Gasteiger partial charge in [-0.2, -0.15) is 0 Å². The van der Waals surface area contributed by atoms with E-state index in [1.807, 2.05) is 6.92 Å². The lowest BCUT2D eigenvalue weighted by Gasteiger charge is -2.10. The van der Waals surface area contributed by atoms with E-state index >= 15 is 0 Å². The van der Waals surface area contributed by atoms with Gasteiger partial charge in [-0.25, -0.2) is 4.39 Å². The highest BCUT2D eigenvalue weighted by Crippen LogP contribution is 2.21. The third kappa shape index (κ3) is 2.68. The van der Waals surface area contributed by atoms with E-state index < -0.39 is 0 Å². The average molecular weight is 203 g/mol. The lowest BCUT2D eigenvalue weighted by Crippen LogP contribution is -2.01. The van der Waals surface area contributed by atoms with Crippen molar-refractivity contribution in [2.75, 3.05) is 13.7 Å². The summed E-state index contributed by atoms with van der Waals surface area (Å²) in [5, 5.41) is 0.167. The molecule has 0 spiro atoms. The molecule has 0 aromatic heterocycles. The van der Waals surface area contributed by atoms with E-state index in [9.17, 15) is 4.39 Å². The van der Waals surface area contributed by atoms with Gasteiger partial charge in [0, 0.05) is 13.0 Å². The third-order valence-electron chi connectivity index (χ3n) is 1.93. The fourth-order valence-corrected chi connectivity index (χ4v) is 1.35. The molecule has 0 bridgehead atoms. The minimum Gasteiger partial charge on any atom is -0.384 e. The fourth-order valence-electron chi connectivity index (χ4n) is 1.17. The molecule has 72 valence electrons. The van der Waals surface area contributed by atoms with Crippen LogP contribution in [-0.4, -0.2) is 13.7 Å². The summed E-state index contributed by atoms with van der Waals surface area (Å²) in [7, 11) is 1.64. The van der Waals surface area contributed by atoms with Crippen LogP contribution in [0.25, 0.3) is 0 Å². The van der Waals surface area contributed by atoms with Crippen LogP contribution in [0.2, 0.25) is 5.02 Å². The monoisotopic (exact) mass is 202 g/mol. The maximum atomic E-state index is 12.8. The normalized spacial score (nSPS) is 12.9. The zero-order valence-corrected chi connectivity index (χ0v) is 8.44. The first kappa shape index (κ1) is 10.5. The van der Waals surface area contributed by atoms with Gasteiger partial charge < -0.3 is 4.74 Å². The molecule has 0 aliphatic rings. The molecule has 3 heteroatoms. The van der Waals surface area contributed by atoms with E-state index in [0.29, 0.717) is 6.61 Å². The maximum Gasteiger partial charge on any atom is 0.141 e. The van der Waals surface area contributed by atoms with Crippen LogP contribution in [-0.2, 0) is 4.74 Å². The quantitative estimate of drug-likeness (QED) is 0.731. The molecule has 1 rings (SSSR count). The topological polar surface area (TPSA) is 9.23 Å². The Balaban J connectivity index is 2.84. The molecule has 1 atom stereocenters. The molecule has 0 N–H and O–H groups in total. The number of hydrogen-bond donors (Lipinski definition) is 0. The SMILES string of the molecule is COC[C@H](C)c1ccc(F)c(Cl)c1. The van der Waals surface area contributed by atoms with Crippen molar-refractivity contribution in [3.63, 3.8) is 0 Å². The van der Waals surface area contributed by atoms with Crippen molar-refractivity contribution >= 4 is 11.6 Å². The number of ether oxygens (including phenoxy) is 1. The molecule has 1 aromatic rings. The molecule has 1 aromatic carbocycles. The number of rotatable bonds is 3. The molecular weight excluding hydrogens is 191 g/mol. The van der Waals surface area contributed by atoms with Gasteiger partial charge in [0.05, 0.1) is 11.6 Å². The van der Waals surface area contributed by atoms with Crippen molar-refractivity contribution in [3.8, 4) is 0 Å². The third-order valence-corrected chi connectivity index (χ3v) is 2.22. The largest absolute Gasteiger partial charge is 0.384 e. The molecule has 0 radical (unpaired) electrons. The van der Waals surface area contributed by atoms with Gasteiger partial charge in [0.1, 0.15) is 5.82 Å². The summed E-state index contributed by atoms with van der Waals surface area (Å²) in [6.07, 6.45) is 0. The molecule has 0 aliphatic carbocycles. The van der Waals surface area contributed by atoms with Crippen molar-refractivity contribution in [2.45, 2.75) is 12.8 Å². The Morgan fingerprint density at radius 1 is 1.54 bits per heavy atom. The van der Waals surface area contributed by atoms with Crippen LogP contribution < -0.4 is 0 Å². The zero-order valence-electron chi connectivity index (χ0n) is 7.68. The van der Waals surface area contributed by atoms with Crippen LogP contribution in [0.4, 0.5) is 4.39 Å². The van der Waals surface area contributed by atoms with Gasteiger partial charge in [-0.1, -0.05) is 24.6 Å². The van der Waals surface area contributed by atoms with Gasteiger partial charge in [-0.05, 0) is 17.7 Å². The van der Waals surface area contributed by atoms with E-state index in [-0.39, 0.29) is 16.8 Å². The Bertz CT molecular complexity index is 288. The summed E-state index contributed by atoms with van der Waals surface area (Å²) in [6.45, 7) is 2.62. The summed E-state index contributed by atoms with van der Waals surface area (Å²) in [4.78, 5) is 0. The van der Waals surface area contributed by atoms with Gasteiger partial charge in [-0.3, -0.25) is 0 Å². The summed E-state index contributed by atoms with van der Waals surface area (Å²) < 4.78 is 17.8. The Labute approximate surface area is 82.5 Å². The first-order valence-corrected chi connectivity index (χ1v) is 4.47. The summed E-state index contributed by atoms with van der Waals surface area (Å²) in [5.74, 6) is -0.141. The molecule has 0 fully saturated rings. The lowest BCUT2D eigenvalue weighted by atomic mass is 10.0. The highest BCUT2D eigenvalue weighted by Gasteiger charge is 2.07. The van der Waals surface area contributed by atoms with Crippen LogP contribution in [0, 0.1) is 5.82 Å². The van der Waals surface area contributed by atoms with Crippen molar-refractivity contribution < 1.29 is 9.13 Å². The average Bonchev–Trinajstić information content (AvgIpc) is 2.10. The molecule has 13 heavy (non-hydrogen) atoms. The summed E-state index contributed by atoms with van der Waals surface area (Å²) in [6, 6.07) is 4.75. The predicted molar refractivity (Wildman–Crippen MR) is 51.7 cm³/mol. The van der Waals surface area contributed by atoms with Crippen LogP contribution >= 0.6 is 11.6 Å². The fraction of sp³-hybridized carbons (Fsp3) is 0.400. The highest BCUT2D eigenvalue weighted by molar-refractivity contribution is 6.30. The smallest absolute Gasteiger partial charge is 0.141 e. The maximum absolute atomic E-state index is 12.8. The number of benzene rings is 1. The van der Waals surface area contributed by atoms with E-state index in [0.717, 1.165) is 5.56 Å². The van der Waals surface area contributed by atoms with Gasteiger partial charge in [0.25, 0.3) is 0 Å². The van der Waals surface area contributed by atoms with E-state index in [1.165, 1.54) is 6.07 Å². The second kappa shape index (κ2) is 4.58. The van der Waals surface area contributed by atoms with Gasteiger partial charge in [0.2, 0.25) is 0 Å². The number of methoxy groups -OCH3 is 1. The van der Waals surface area contributed by atoms with E-state index in [4.69, 9.17) is 16.3 Å². The van der Waals surface area contributed by atoms with E-state index in [2.05, 4.69) is 0 Å². The van der Waals surface area contributed by atoms with Gasteiger partial charge >= 0.3 is 0 Å². The van der Waals surface area contributed by atoms with E-state index in [1.54, 1.807) is 19.2 Å². The van der Waals surface area contributed by atoms with Crippen LogP contribution in [0.3, 0.4) is 0 Å². The van der Waals surface area contributed by atoms with Crippen molar-refractivity contribution in [1.29, 1.82) is 0 Å². The van der Waals surface area contributed by atoms with Crippen molar-refractivity contribution in [1.82, 2.24) is 0 Å². The first-order valence-electron chi connectivity index (χ1n) is 4.09. The van der Waals surface area contributed by atoms with Gasteiger partial charge in [0.15, 0.2) is 0 Å². The molecule has 0 saturated heterocycles. The first-order chi connectivity index (χ1) is 6.15. The van der Waals surface area contributed by atoms with Crippen LogP contribution in [0.1, 0.15) is 18.4 Å². The Hall–Kier alpha value is -0.600. The molecule has 0 aliphatic heterocycles. The number of hydrogen-bond acceptors (Lipinski definition) is 1. The minimum atomic E-state index is -0.380. The second-order valence-corrected chi connectivity index (χ2v) is 3.44. The molecule has 0 amide bonds. The Morgan fingerprint density at radius 3 is 2.77 bits per heavy atom. The molecule has 0 heterocycles. The van der Waals surface area contributed by atoms with Crippen LogP contribution in [0.15, 0.2) is 18.2 Å². The molecule has 0 saturated carbocycles. The minimum absolute atomic E-state index is 0.167. The van der Waals surface area contributed by atoms with Crippen molar-refractivity contribution in [2.24, 2.45) is 0 Å². The van der Waals surface area contributed by atoms with Crippen molar-refractivity contribution in [3.05, 3.63) is 34.6 Å². The molecule has 0 unspecified atom stereocenters. The molecular formula is C10H12ClFO. The lowest BCUT2D eigenvalue weighted by molar-refractivity contribution is 0.184. The standard InChI is InChI=1S/C10H12ClFO/c1-7(6-13-2)8-3-4-10(12)9(11)5-8/h3-5,7H,6H2,1-2H3/t7-/m0/s1. The van der Waals surface area contributed by atoms with Crippen LogP contribution in [0.5, 0.6) is 0 Å². The Kier molecular flexibility index (Phi) is 3.70. The van der Waals surface area contributed by atoms with Gasteiger partial charge in [-0.15, -0.1) is 0 Å². The highest BCUT2D eigenvalue weighted by atomic mass is 35.5.